The lowest BCUT2D eigenvalue weighted by molar-refractivity contribution is 0.115. The summed E-state index contributed by atoms with van der Waals surface area (Å²) in [6.07, 6.45) is 4.37. The highest BCUT2D eigenvalue weighted by molar-refractivity contribution is 6.32. The van der Waals surface area contributed by atoms with Crippen molar-refractivity contribution < 1.29 is 19.3 Å². The van der Waals surface area contributed by atoms with E-state index in [1.54, 1.807) is 6.07 Å². The summed E-state index contributed by atoms with van der Waals surface area (Å²) in [6, 6.07) is 9.83. The fourth-order valence-corrected chi connectivity index (χ4v) is 5.56. The Morgan fingerprint density at radius 1 is 1.27 bits per heavy atom. The number of likely N-dealkylation sites (tertiary alicyclic amines) is 1. The topological polar surface area (TPSA) is 131 Å². The molecule has 0 spiro atoms. The van der Waals surface area contributed by atoms with Gasteiger partial charge in [-0.3, -0.25) is 4.79 Å². The number of aromatic hydroxyl groups is 1. The van der Waals surface area contributed by atoms with Crippen LogP contribution in [0.25, 0.3) is 33.2 Å². The number of rotatable bonds is 8. The van der Waals surface area contributed by atoms with Gasteiger partial charge in [0.15, 0.2) is 17.4 Å². The van der Waals surface area contributed by atoms with Gasteiger partial charge in [0.2, 0.25) is 0 Å². The number of piperidine rings is 1. The summed E-state index contributed by atoms with van der Waals surface area (Å²) in [6.45, 7) is 1.77. The van der Waals surface area contributed by atoms with Crippen LogP contribution in [0.2, 0.25) is 5.02 Å². The number of benzene rings is 2. The molecule has 10 nitrogen and oxygen atoms in total. The summed E-state index contributed by atoms with van der Waals surface area (Å²) >= 11 is 5.98. The van der Waals surface area contributed by atoms with E-state index >= 15 is 0 Å². The Morgan fingerprint density at radius 2 is 2.07 bits per heavy atom. The lowest BCUT2D eigenvalue weighted by atomic mass is 10.1. The molecule has 5 aromatic rings. The van der Waals surface area contributed by atoms with Gasteiger partial charge in [-0.15, -0.1) is 0 Å². The molecule has 1 atom stereocenters. The monoisotopic (exact) mass is 580 g/mol. The van der Waals surface area contributed by atoms with Crippen molar-refractivity contribution in [2.24, 2.45) is 0 Å². The van der Waals surface area contributed by atoms with Crippen LogP contribution in [-0.4, -0.2) is 74.0 Å². The molecule has 12 heteroatoms. The Bertz CT molecular complexity index is 1750. The molecule has 0 radical (unpaired) electrons. The van der Waals surface area contributed by atoms with E-state index in [1.165, 1.54) is 24.4 Å². The number of hydrogen-bond acceptors (Lipinski definition) is 7. The van der Waals surface area contributed by atoms with Crippen LogP contribution in [0.1, 0.15) is 18.9 Å². The quantitative estimate of drug-likeness (QED) is 0.183. The number of aromatic amines is 2. The van der Waals surface area contributed by atoms with Gasteiger partial charge >= 0.3 is 0 Å². The van der Waals surface area contributed by atoms with Crippen molar-refractivity contribution in [3.8, 4) is 23.0 Å². The Balaban J connectivity index is 1.22. The van der Waals surface area contributed by atoms with E-state index in [-0.39, 0.29) is 47.0 Å². The number of nitrogens with zero attached hydrogens (tertiary/aromatic N) is 3. The third-order valence-corrected chi connectivity index (χ3v) is 7.86. The Hall–Kier alpha value is -4.06. The zero-order valence-corrected chi connectivity index (χ0v) is 23.1. The number of aromatic nitrogens is 4. The van der Waals surface area contributed by atoms with E-state index in [0.717, 1.165) is 36.8 Å². The molecule has 6 rings (SSSR count). The number of hydrogen-bond donors (Lipinski definition) is 5. The van der Waals surface area contributed by atoms with Crippen LogP contribution >= 0.6 is 11.6 Å². The number of para-hydroxylation sites is 1. The molecule has 0 aliphatic carbocycles. The van der Waals surface area contributed by atoms with Crippen molar-refractivity contribution in [3.05, 3.63) is 70.0 Å². The second-order valence-electron chi connectivity index (χ2n) is 10.4. The van der Waals surface area contributed by atoms with Crippen molar-refractivity contribution in [2.75, 3.05) is 38.6 Å². The fourth-order valence-electron chi connectivity index (χ4n) is 5.34. The first-order chi connectivity index (χ1) is 19.8. The van der Waals surface area contributed by atoms with Crippen LogP contribution in [0.15, 0.2) is 53.6 Å². The summed E-state index contributed by atoms with van der Waals surface area (Å²) in [4.78, 5) is 25.7. The van der Waals surface area contributed by atoms with Gasteiger partial charge in [-0.1, -0.05) is 17.7 Å². The van der Waals surface area contributed by atoms with E-state index in [9.17, 15) is 19.4 Å². The lowest BCUT2D eigenvalue weighted by Crippen LogP contribution is -2.31. The standard InChI is InChI=1S/C29H30ClFN6O4/c1-36-9-6-17(7-10-36)37-14-16-11-23-24(12-19(16)29(37)40)35-27(34-23)25-22(5-8-32-28(25)39)33-13-18(38)15-41-26-20(30)3-2-4-21(26)31/h2-5,8,11-12,14,17-18,38,40H,6-7,9-10,13,15H2,1H3,(H,34,35)(H2,32,33,39)/t18-/m1/s1. The van der Waals surface area contributed by atoms with Crippen LogP contribution in [0.3, 0.4) is 0 Å². The van der Waals surface area contributed by atoms with Gasteiger partial charge in [-0.2, -0.15) is 0 Å². The minimum atomic E-state index is -1.03. The normalized spacial score (nSPS) is 15.5. The number of aliphatic hydroxyl groups is 1. The van der Waals surface area contributed by atoms with Crippen LogP contribution in [0.5, 0.6) is 11.6 Å². The zero-order valence-electron chi connectivity index (χ0n) is 22.3. The Morgan fingerprint density at radius 3 is 2.85 bits per heavy atom. The molecule has 214 valence electrons. The highest BCUT2D eigenvalue weighted by Crippen LogP contribution is 2.36. The SMILES string of the molecule is CN1CCC(n2cc3cc4[nH]c(-c5c(NC[C@@H](O)COc6c(F)cccc6Cl)cc[nH]c5=O)nc4cc3c2O)CC1. The third kappa shape index (κ3) is 5.35. The number of pyridine rings is 1. The van der Waals surface area contributed by atoms with Crippen LogP contribution in [0, 0.1) is 5.82 Å². The second-order valence-corrected chi connectivity index (χ2v) is 10.8. The Kier molecular flexibility index (Phi) is 7.33. The van der Waals surface area contributed by atoms with Gasteiger partial charge in [0.25, 0.3) is 5.56 Å². The summed E-state index contributed by atoms with van der Waals surface area (Å²) in [7, 11) is 2.11. The molecule has 2 aromatic carbocycles. The van der Waals surface area contributed by atoms with Gasteiger partial charge in [0, 0.05) is 35.8 Å². The summed E-state index contributed by atoms with van der Waals surface area (Å²) in [5, 5.41) is 26.2. The molecular formula is C29H30ClFN6O4. The van der Waals surface area contributed by atoms with E-state index in [1.807, 2.05) is 22.9 Å². The predicted octanol–water partition coefficient (Wildman–Crippen LogP) is 4.49. The maximum atomic E-state index is 14.0. The molecule has 1 fully saturated rings. The van der Waals surface area contributed by atoms with Crippen LogP contribution in [-0.2, 0) is 0 Å². The highest BCUT2D eigenvalue weighted by atomic mass is 35.5. The molecule has 5 N–H and O–H groups in total. The molecule has 41 heavy (non-hydrogen) atoms. The molecule has 0 amide bonds. The molecule has 0 bridgehead atoms. The van der Waals surface area contributed by atoms with Crippen molar-refractivity contribution in [3.63, 3.8) is 0 Å². The molecule has 1 saturated heterocycles. The van der Waals surface area contributed by atoms with Crippen molar-refractivity contribution >= 4 is 39.1 Å². The first-order valence-corrected chi connectivity index (χ1v) is 13.8. The van der Waals surface area contributed by atoms with Gasteiger partial charge < -0.3 is 39.7 Å². The molecule has 4 heterocycles. The van der Waals surface area contributed by atoms with Gasteiger partial charge in [-0.25, -0.2) is 9.37 Å². The zero-order chi connectivity index (χ0) is 28.7. The summed E-state index contributed by atoms with van der Waals surface area (Å²) in [5.41, 5.74) is 1.66. The first-order valence-electron chi connectivity index (χ1n) is 13.4. The molecule has 1 aliphatic rings. The van der Waals surface area contributed by atoms with E-state index < -0.39 is 11.9 Å². The van der Waals surface area contributed by atoms with Crippen molar-refractivity contribution in [2.45, 2.75) is 25.0 Å². The fraction of sp³-hybridized carbons (Fsp3) is 0.310. The molecule has 1 aliphatic heterocycles. The lowest BCUT2D eigenvalue weighted by Gasteiger charge is -2.30. The maximum absolute atomic E-state index is 14.0. The number of halogens is 2. The predicted molar refractivity (Wildman–Crippen MR) is 156 cm³/mol. The van der Waals surface area contributed by atoms with Crippen molar-refractivity contribution in [1.82, 2.24) is 24.4 Å². The Labute approximate surface area is 239 Å². The van der Waals surface area contributed by atoms with E-state index in [0.29, 0.717) is 22.4 Å². The average Bonchev–Trinajstić information content (AvgIpc) is 3.50. The number of imidazole rings is 1. The smallest absolute Gasteiger partial charge is 0.261 e. The molecule has 3 aromatic heterocycles. The van der Waals surface area contributed by atoms with Gasteiger partial charge in [0.1, 0.15) is 24.1 Å². The number of nitrogens with one attached hydrogen (secondary N) is 3. The maximum Gasteiger partial charge on any atom is 0.261 e. The number of ether oxygens (including phenoxy) is 1. The number of anilines is 1. The van der Waals surface area contributed by atoms with E-state index in [2.05, 4.69) is 32.2 Å². The molecular weight excluding hydrogens is 551 g/mol. The number of H-pyrrole nitrogens is 2. The summed E-state index contributed by atoms with van der Waals surface area (Å²) in [5.74, 6) is -0.199. The van der Waals surface area contributed by atoms with Crippen LogP contribution < -0.4 is 15.6 Å². The minimum Gasteiger partial charge on any atom is -0.494 e. The number of fused-ring (bicyclic) bond motifs is 2. The van der Waals surface area contributed by atoms with Gasteiger partial charge in [-0.05, 0) is 63.3 Å². The first kappa shape index (κ1) is 27.1. The second kappa shape index (κ2) is 11.1. The number of aliphatic hydroxyl groups excluding tert-OH is 1. The highest BCUT2D eigenvalue weighted by Gasteiger charge is 2.23. The van der Waals surface area contributed by atoms with Crippen molar-refractivity contribution in [1.29, 1.82) is 0 Å². The largest absolute Gasteiger partial charge is 0.494 e. The molecule has 0 unspecified atom stereocenters. The van der Waals surface area contributed by atoms with Crippen LogP contribution in [0.4, 0.5) is 10.1 Å². The third-order valence-electron chi connectivity index (χ3n) is 7.56. The minimum absolute atomic E-state index is 0.0155. The average molecular weight is 581 g/mol. The molecule has 0 saturated carbocycles. The summed E-state index contributed by atoms with van der Waals surface area (Å²) < 4.78 is 21.3. The van der Waals surface area contributed by atoms with Gasteiger partial charge in [0.05, 0.1) is 21.7 Å². The van der Waals surface area contributed by atoms with E-state index in [4.69, 9.17) is 16.3 Å².